The van der Waals surface area contributed by atoms with Gasteiger partial charge in [-0.25, -0.2) is 9.19 Å². The van der Waals surface area contributed by atoms with Gasteiger partial charge in [0.25, 0.3) is 11.5 Å². The number of carbonyl (C=O) groups excluding carboxylic acids is 1. The van der Waals surface area contributed by atoms with Crippen molar-refractivity contribution in [2.45, 2.75) is 0 Å². The number of pyridine rings is 1. The Morgan fingerprint density at radius 1 is 0.972 bits per heavy atom. The molecule has 0 radical (unpaired) electrons. The van der Waals surface area contributed by atoms with Crippen LogP contribution in [0.2, 0.25) is 5.02 Å². The number of rotatable bonds is 5. The summed E-state index contributed by atoms with van der Waals surface area (Å²) in [6.07, 6.45) is 3.10. The fourth-order valence-electron chi connectivity index (χ4n) is 3.99. The predicted molar refractivity (Wildman–Crippen MR) is 137 cm³/mol. The molecule has 0 aliphatic heterocycles. The number of nitrogens with zero attached hydrogens (tertiary/aromatic N) is 5. The van der Waals surface area contributed by atoms with E-state index in [0.717, 1.165) is 26.6 Å². The van der Waals surface area contributed by atoms with Crippen LogP contribution < -0.4 is 15.7 Å². The van der Waals surface area contributed by atoms with Crippen molar-refractivity contribution in [2.24, 2.45) is 0 Å². The van der Waals surface area contributed by atoms with Crippen molar-refractivity contribution in [2.75, 3.05) is 12.0 Å². The number of carbonyl (C=O) groups is 1. The molecule has 0 fully saturated rings. The summed E-state index contributed by atoms with van der Waals surface area (Å²) in [7, 11) is 0. The van der Waals surface area contributed by atoms with Crippen LogP contribution in [0.4, 0.5) is 0 Å². The van der Waals surface area contributed by atoms with Gasteiger partial charge >= 0.3 is 0 Å². The van der Waals surface area contributed by atoms with Gasteiger partial charge in [0.05, 0.1) is 6.20 Å². The lowest BCUT2D eigenvalue weighted by Crippen LogP contribution is -2.35. The fourth-order valence-corrected chi connectivity index (χ4v) is 4.11. The van der Waals surface area contributed by atoms with E-state index in [-0.39, 0.29) is 12.1 Å². The lowest BCUT2D eigenvalue weighted by Gasteiger charge is -2.10. The first kappa shape index (κ1) is 21.8. The van der Waals surface area contributed by atoms with Gasteiger partial charge in [0, 0.05) is 16.8 Å². The van der Waals surface area contributed by atoms with Gasteiger partial charge in [-0.15, -0.1) is 10.2 Å². The molecule has 0 saturated heterocycles. The molecule has 0 saturated carbocycles. The van der Waals surface area contributed by atoms with Crippen molar-refractivity contribution in [3.8, 4) is 16.9 Å². The third-order valence-electron chi connectivity index (χ3n) is 5.75. The van der Waals surface area contributed by atoms with Crippen molar-refractivity contribution >= 4 is 45.0 Å². The molecule has 0 unspecified atom stereocenters. The summed E-state index contributed by atoms with van der Waals surface area (Å²) < 4.78 is 8.21. The molecule has 0 aliphatic carbocycles. The Morgan fingerprint density at radius 2 is 1.78 bits per heavy atom. The lowest BCUT2D eigenvalue weighted by molar-refractivity contribution is -0.119. The van der Waals surface area contributed by atoms with Crippen LogP contribution >= 0.6 is 11.6 Å². The average Bonchev–Trinajstić information content (AvgIpc) is 3.34. The standard InChI is InChI=1S/C26H17ClN6O3/c27-19-8-5-17(6-9-19)21-14-28-33-22-11-12-32(26(35)24(22)29-30-25(21)33)31-23(34)15-36-20-10-7-16-3-1-2-4-18(16)13-20/h1-14H,15H2,(H,31,34). The van der Waals surface area contributed by atoms with Crippen LogP contribution in [0.25, 0.3) is 38.6 Å². The fraction of sp³-hybridized carbons (Fsp3) is 0.0385. The molecule has 10 heteroatoms. The first-order chi connectivity index (χ1) is 17.6. The van der Waals surface area contributed by atoms with Crippen LogP contribution in [0.5, 0.6) is 5.75 Å². The summed E-state index contributed by atoms with van der Waals surface area (Å²) >= 11 is 5.99. The van der Waals surface area contributed by atoms with E-state index in [9.17, 15) is 9.59 Å². The number of ether oxygens (including phenoxy) is 1. The smallest absolute Gasteiger partial charge is 0.299 e. The highest BCUT2D eigenvalue weighted by Gasteiger charge is 2.15. The zero-order chi connectivity index (χ0) is 24.6. The molecule has 3 aromatic heterocycles. The third-order valence-corrected chi connectivity index (χ3v) is 6.01. The van der Waals surface area contributed by atoms with E-state index in [1.165, 1.54) is 6.20 Å². The van der Waals surface area contributed by atoms with Gasteiger partial charge in [0.2, 0.25) is 0 Å². The minimum atomic E-state index is -0.538. The highest BCUT2D eigenvalue weighted by atomic mass is 35.5. The molecule has 36 heavy (non-hydrogen) atoms. The van der Waals surface area contributed by atoms with Crippen LogP contribution in [0.15, 0.2) is 90.0 Å². The van der Waals surface area contributed by atoms with Crippen molar-refractivity contribution in [1.29, 1.82) is 0 Å². The Bertz CT molecular complexity index is 1830. The number of benzene rings is 3. The summed E-state index contributed by atoms with van der Waals surface area (Å²) in [5.74, 6) is 0.0564. The molecule has 0 atom stereocenters. The zero-order valence-corrected chi connectivity index (χ0v) is 19.4. The Hall–Kier alpha value is -4.76. The predicted octanol–water partition coefficient (Wildman–Crippen LogP) is 4.06. The van der Waals surface area contributed by atoms with Gasteiger partial charge in [-0.3, -0.25) is 15.0 Å². The Kier molecular flexibility index (Phi) is 5.31. The first-order valence-electron chi connectivity index (χ1n) is 11.0. The van der Waals surface area contributed by atoms with Crippen LogP contribution in [0.3, 0.4) is 0 Å². The average molecular weight is 497 g/mol. The largest absolute Gasteiger partial charge is 0.484 e. The summed E-state index contributed by atoms with van der Waals surface area (Å²) in [4.78, 5) is 25.5. The maximum absolute atomic E-state index is 13.0. The maximum Gasteiger partial charge on any atom is 0.299 e. The second kappa shape index (κ2) is 8.79. The van der Waals surface area contributed by atoms with Gasteiger partial charge in [-0.05, 0) is 46.7 Å². The molecule has 1 N–H and O–H groups in total. The van der Waals surface area contributed by atoms with Gasteiger partial charge in [0.15, 0.2) is 17.8 Å². The van der Waals surface area contributed by atoms with E-state index >= 15 is 0 Å². The number of nitrogens with one attached hydrogen (secondary N) is 1. The minimum absolute atomic E-state index is 0.0616. The Morgan fingerprint density at radius 3 is 2.61 bits per heavy atom. The summed E-state index contributed by atoms with van der Waals surface area (Å²) in [5.41, 5.74) is 4.63. The number of fused-ring (bicyclic) bond motifs is 4. The normalized spacial score (nSPS) is 11.2. The highest BCUT2D eigenvalue weighted by Crippen LogP contribution is 2.25. The third kappa shape index (κ3) is 3.91. The molecule has 6 rings (SSSR count). The Balaban J connectivity index is 1.24. The van der Waals surface area contributed by atoms with E-state index in [1.807, 2.05) is 48.5 Å². The van der Waals surface area contributed by atoms with Gasteiger partial charge in [-0.1, -0.05) is 54.1 Å². The molecule has 3 heterocycles. The second-order valence-electron chi connectivity index (χ2n) is 8.06. The SMILES string of the molecule is O=C(COc1ccc2ccccc2c1)Nn1ccc2c(nnc3c(-c4ccc(Cl)cc4)cnn32)c1=O. The van der Waals surface area contributed by atoms with Gasteiger partial charge in [-0.2, -0.15) is 5.10 Å². The molecular weight excluding hydrogens is 480 g/mol. The van der Waals surface area contributed by atoms with Crippen LogP contribution in [-0.4, -0.2) is 37.0 Å². The van der Waals surface area contributed by atoms with E-state index < -0.39 is 11.5 Å². The molecule has 0 bridgehead atoms. The summed E-state index contributed by atoms with van der Waals surface area (Å²) in [6.45, 7) is -0.267. The molecule has 0 spiro atoms. The van der Waals surface area contributed by atoms with Crippen LogP contribution in [0, 0.1) is 0 Å². The quantitative estimate of drug-likeness (QED) is 0.386. The lowest BCUT2D eigenvalue weighted by atomic mass is 10.1. The van der Waals surface area contributed by atoms with Crippen molar-refractivity contribution in [3.63, 3.8) is 0 Å². The first-order valence-corrected chi connectivity index (χ1v) is 11.4. The zero-order valence-electron chi connectivity index (χ0n) is 18.6. The van der Waals surface area contributed by atoms with Crippen molar-refractivity contribution in [3.05, 3.63) is 101 Å². The van der Waals surface area contributed by atoms with E-state index in [1.54, 1.807) is 35.0 Å². The second-order valence-corrected chi connectivity index (χ2v) is 8.49. The topological polar surface area (TPSA) is 103 Å². The van der Waals surface area contributed by atoms with Crippen molar-refractivity contribution < 1.29 is 9.53 Å². The Labute approximate surface area is 208 Å². The monoisotopic (exact) mass is 496 g/mol. The van der Waals surface area contributed by atoms with E-state index in [0.29, 0.717) is 21.9 Å². The molecular formula is C26H17ClN6O3. The molecule has 1 amide bonds. The molecule has 3 aromatic carbocycles. The number of halogens is 1. The summed E-state index contributed by atoms with van der Waals surface area (Å²) in [5, 5.41) is 15.4. The van der Waals surface area contributed by atoms with E-state index in [4.69, 9.17) is 16.3 Å². The van der Waals surface area contributed by atoms with E-state index in [2.05, 4.69) is 20.7 Å². The van der Waals surface area contributed by atoms with Gasteiger partial charge < -0.3 is 4.74 Å². The van der Waals surface area contributed by atoms with Gasteiger partial charge in [0.1, 0.15) is 11.3 Å². The molecule has 0 aliphatic rings. The maximum atomic E-state index is 13.0. The van der Waals surface area contributed by atoms with Crippen LogP contribution in [0.1, 0.15) is 0 Å². The number of amides is 1. The highest BCUT2D eigenvalue weighted by molar-refractivity contribution is 6.30. The van der Waals surface area contributed by atoms with Crippen LogP contribution in [-0.2, 0) is 4.79 Å². The number of aromatic nitrogens is 5. The molecule has 176 valence electrons. The minimum Gasteiger partial charge on any atom is -0.484 e. The molecule has 6 aromatic rings. The number of hydrogen-bond acceptors (Lipinski definition) is 6. The number of hydrogen-bond donors (Lipinski definition) is 1. The summed E-state index contributed by atoms with van der Waals surface area (Å²) in [6, 6.07) is 22.3. The van der Waals surface area contributed by atoms with Crippen molar-refractivity contribution in [1.82, 2.24) is 24.5 Å². The molecule has 9 nitrogen and oxygen atoms in total.